The molecule has 1 fully saturated rings. The molecule has 4 unspecified atom stereocenters. The summed E-state index contributed by atoms with van der Waals surface area (Å²) >= 11 is 0. The number of carbonyl (C=O) groups is 2. The molecule has 0 amide bonds. The highest BCUT2D eigenvalue weighted by Gasteiger charge is 2.37. The SMILES string of the molecule is CCCCC/C=C\C/C=C\C/C=C\CC1OC1CCCC(=O)O[C@H](COC(=O)CCCCCCCCCCCCCCCCC(C)CC)COP(=O)(O)OC[C@@H](O)COP(=O)(O)O. The number of aliphatic hydroxyl groups is 1. The lowest BCUT2D eigenvalue weighted by molar-refractivity contribution is -0.161. The van der Waals surface area contributed by atoms with E-state index in [1.165, 1.54) is 96.3 Å². The van der Waals surface area contributed by atoms with Gasteiger partial charge in [-0.2, -0.15) is 0 Å². The van der Waals surface area contributed by atoms with Crippen molar-refractivity contribution in [3.8, 4) is 0 Å². The molecule has 6 atom stereocenters. The van der Waals surface area contributed by atoms with Gasteiger partial charge in [0.15, 0.2) is 6.10 Å². The first-order valence-corrected chi connectivity index (χ1v) is 27.2. The molecule has 1 aliphatic rings. The monoisotopic (exact) mass is 937 g/mol. The first kappa shape index (κ1) is 59.3. The van der Waals surface area contributed by atoms with E-state index in [-0.39, 0.29) is 25.0 Å². The highest BCUT2D eigenvalue weighted by atomic mass is 31.2. The zero-order chi connectivity index (χ0) is 46.4. The van der Waals surface area contributed by atoms with Crippen LogP contribution in [-0.2, 0) is 46.5 Å². The van der Waals surface area contributed by atoms with Gasteiger partial charge in [0.1, 0.15) is 12.7 Å². The highest BCUT2D eigenvalue weighted by Crippen LogP contribution is 2.44. The van der Waals surface area contributed by atoms with Gasteiger partial charge in [0.25, 0.3) is 0 Å². The number of aliphatic hydroxyl groups excluding tert-OH is 1. The minimum absolute atomic E-state index is 0.0441. The molecular formula is C47H86O14P2. The number of ether oxygens (including phenoxy) is 3. The Kier molecular flexibility index (Phi) is 36.2. The van der Waals surface area contributed by atoms with Crippen LogP contribution in [0.15, 0.2) is 36.5 Å². The number of rotatable bonds is 44. The number of epoxide rings is 1. The molecule has 1 saturated heterocycles. The van der Waals surface area contributed by atoms with E-state index in [0.717, 1.165) is 50.9 Å². The number of hydrogen-bond acceptors (Lipinski definition) is 11. The Morgan fingerprint density at radius 2 is 1.16 bits per heavy atom. The molecule has 0 bridgehead atoms. The van der Waals surface area contributed by atoms with Crippen LogP contribution in [0.2, 0.25) is 0 Å². The Morgan fingerprint density at radius 1 is 0.619 bits per heavy atom. The summed E-state index contributed by atoms with van der Waals surface area (Å²) in [5.74, 6) is -0.242. The predicted octanol–water partition coefficient (Wildman–Crippen LogP) is 11.7. The third kappa shape index (κ3) is 39.2. The molecule has 1 aliphatic heterocycles. The van der Waals surface area contributed by atoms with Crippen molar-refractivity contribution in [1.82, 2.24) is 0 Å². The fraction of sp³-hybridized carbons (Fsp3) is 0.830. The molecule has 368 valence electrons. The lowest BCUT2D eigenvalue weighted by atomic mass is 9.99. The summed E-state index contributed by atoms with van der Waals surface area (Å²) in [4.78, 5) is 53.0. The topological polar surface area (TPSA) is 208 Å². The maximum absolute atomic E-state index is 12.8. The maximum Gasteiger partial charge on any atom is 0.472 e. The van der Waals surface area contributed by atoms with E-state index in [9.17, 15) is 28.7 Å². The van der Waals surface area contributed by atoms with E-state index < -0.39 is 66.2 Å². The van der Waals surface area contributed by atoms with Crippen LogP contribution in [0.25, 0.3) is 0 Å². The van der Waals surface area contributed by atoms with Gasteiger partial charge in [-0.25, -0.2) is 9.13 Å². The Hall–Kier alpha value is -1.70. The quantitative estimate of drug-likeness (QED) is 0.0147. The van der Waals surface area contributed by atoms with Gasteiger partial charge in [-0.15, -0.1) is 0 Å². The average Bonchev–Trinajstić information content (AvgIpc) is 4.00. The van der Waals surface area contributed by atoms with Crippen LogP contribution in [0, 0.1) is 5.92 Å². The first-order chi connectivity index (χ1) is 30.2. The van der Waals surface area contributed by atoms with E-state index in [1.807, 2.05) is 0 Å². The van der Waals surface area contributed by atoms with E-state index >= 15 is 0 Å². The van der Waals surface area contributed by atoms with Gasteiger partial charge in [0, 0.05) is 12.8 Å². The maximum atomic E-state index is 12.8. The van der Waals surface area contributed by atoms with Crippen LogP contribution in [0.4, 0.5) is 0 Å². The van der Waals surface area contributed by atoms with Gasteiger partial charge in [-0.05, 0) is 57.3 Å². The Morgan fingerprint density at radius 3 is 1.76 bits per heavy atom. The van der Waals surface area contributed by atoms with Gasteiger partial charge in [-0.1, -0.05) is 166 Å². The van der Waals surface area contributed by atoms with Crippen molar-refractivity contribution in [1.29, 1.82) is 0 Å². The number of unbranched alkanes of at least 4 members (excludes halogenated alkanes) is 16. The van der Waals surface area contributed by atoms with Crippen LogP contribution in [0.3, 0.4) is 0 Å². The van der Waals surface area contributed by atoms with Gasteiger partial charge < -0.3 is 34.0 Å². The van der Waals surface area contributed by atoms with Crippen LogP contribution < -0.4 is 0 Å². The second-order valence-electron chi connectivity index (χ2n) is 17.0. The molecule has 16 heteroatoms. The van der Waals surface area contributed by atoms with Crippen LogP contribution in [0.5, 0.6) is 0 Å². The van der Waals surface area contributed by atoms with Crippen LogP contribution in [0.1, 0.15) is 194 Å². The van der Waals surface area contributed by atoms with E-state index in [0.29, 0.717) is 19.3 Å². The van der Waals surface area contributed by atoms with Crippen molar-refractivity contribution in [3.63, 3.8) is 0 Å². The molecule has 0 aliphatic carbocycles. The Labute approximate surface area is 380 Å². The number of allylic oxidation sites excluding steroid dienone is 5. The molecule has 1 heterocycles. The van der Waals surface area contributed by atoms with Crippen molar-refractivity contribution >= 4 is 27.6 Å². The number of hydrogen-bond donors (Lipinski definition) is 4. The lowest BCUT2D eigenvalue weighted by Gasteiger charge is -2.20. The molecule has 63 heavy (non-hydrogen) atoms. The molecular weight excluding hydrogens is 850 g/mol. The zero-order valence-corrected chi connectivity index (χ0v) is 40.8. The first-order valence-electron chi connectivity index (χ1n) is 24.2. The summed E-state index contributed by atoms with van der Waals surface area (Å²) in [6.07, 6.45) is 38.6. The number of phosphoric acid groups is 2. The molecule has 0 aromatic carbocycles. The fourth-order valence-electron chi connectivity index (χ4n) is 6.82. The second kappa shape index (κ2) is 38.4. The van der Waals surface area contributed by atoms with Crippen molar-refractivity contribution in [2.75, 3.05) is 26.4 Å². The van der Waals surface area contributed by atoms with Gasteiger partial charge in [0.2, 0.25) is 0 Å². The molecule has 0 aromatic rings. The number of phosphoric ester groups is 2. The van der Waals surface area contributed by atoms with Crippen molar-refractivity contribution in [2.45, 2.75) is 219 Å². The van der Waals surface area contributed by atoms with E-state index in [4.69, 9.17) is 33.0 Å². The van der Waals surface area contributed by atoms with Crippen LogP contribution in [-0.4, -0.2) is 82.6 Å². The molecule has 0 radical (unpaired) electrons. The smallest absolute Gasteiger partial charge is 0.462 e. The zero-order valence-electron chi connectivity index (χ0n) is 39.0. The molecule has 0 aromatic heterocycles. The summed E-state index contributed by atoms with van der Waals surface area (Å²) in [5, 5.41) is 9.78. The lowest BCUT2D eigenvalue weighted by Crippen LogP contribution is -2.30. The number of esters is 2. The summed E-state index contributed by atoms with van der Waals surface area (Å²) in [6, 6.07) is 0. The molecule has 14 nitrogen and oxygen atoms in total. The summed E-state index contributed by atoms with van der Waals surface area (Å²) in [7, 11) is -9.71. The summed E-state index contributed by atoms with van der Waals surface area (Å²) in [5.41, 5.74) is 0. The van der Waals surface area contributed by atoms with Crippen molar-refractivity contribution in [3.05, 3.63) is 36.5 Å². The highest BCUT2D eigenvalue weighted by molar-refractivity contribution is 7.47. The standard InChI is InChI=1S/C47H86O14P2/c1-4-6-7-8-9-10-11-17-20-23-26-29-33-44-45(61-44)34-31-36-47(50)60-43(40-59-63(54,55)58-38-42(48)37-57-62(51,52)53)39-56-46(49)35-30-27-24-21-18-15-13-12-14-16-19-22-25-28-32-41(3)5-2/h9-10,17,20,26,29,41-45,48H,4-8,11-16,18-19,21-25,27-28,30-40H2,1-3H3,(H,54,55)(H2,51,52,53)/b10-9-,20-17-,29-26-/t41?,42-,43+,44?,45?/m0/s1. The summed E-state index contributed by atoms with van der Waals surface area (Å²) < 4.78 is 53.7. The van der Waals surface area contributed by atoms with Crippen molar-refractivity contribution in [2.24, 2.45) is 5.92 Å². The minimum Gasteiger partial charge on any atom is -0.462 e. The number of carbonyl (C=O) groups excluding carboxylic acids is 2. The molecule has 0 saturated carbocycles. The largest absolute Gasteiger partial charge is 0.472 e. The van der Waals surface area contributed by atoms with Gasteiger partial charge >= 0.3 is 27.6 Å². The molecule has 4 N–H and O–H groups in total. The predicted molar refractivity (Wildman–Crippen MR) is 248 cm³/mol. The second-order valence-corrected chi connectivity index (χ2v) is 19.7. The summed E-state index contributed by atoms with van der Waals surface area (Å²) in [6.45, 7) is 4.04. The molecule has 0 spiro atoms. The fourth-order valence-corrected chi connectivity index (χ4v) is 7.98. The van der Waals surface area contributed by atoms with Crippen LogP contribution >= 0.6 is 15.6 Å². The molecule has 1 rings (SSSR count). The Bertz CT molecular complexity index is 1330. The van der Waals surface area contributed by atoms with Crippen molar-refractivity contribution < 1.29 is 66.3 Å². The Balaban J connectivity index is 2.37. The van der Waals surface area contributed by atoms with E-state index in [1.54, 1.807) is 0 Å². The normalized spacial score (nSPS) is 18.0. The average molecular weight is 937 g/mol. The van der Waals surface area contributed by atoms with E-state index in [2.05, 4.69) is 61.8 Å². The van der Waals surface area contributed by atoms with Gasteiger partial charge in [-0.3, -0.25) is 23.2 Å². The minimum atomic E-state index is -4.87. The third-order valence-electron chi connectivity index (χ3n) is 11.0. The van der Waals surface area contributed by atoms with Gasteiger partial charge in [0.05, 0.1) is 32.0 Å². The third-order valence-corrected chi connectivity index (χ3v) is 12.4.